The zero-order chi connectivity index (χ0) is 10.7. The highest BCUT2D eigenvalue weighted by molar-refractivity contribution is 8.02. The van der Waals surface area contributed by atoms with E-state index in [4.69, 9.17) is 4.98 Å². The highest BCUT2D eigenvalue weighted by Gasteiger charge is 2.09. The van der Waals surface area contributed by atoms with Crippen molar-refractivity contribution >= 4 is 17.3 Å². The Balaban J connectivity index is 2.27. The van der Waals surface area contributed by atoms with Gasteiger partial charge in [0.1, 0.15) is 0 Å². The van der Waals surface area contributed by atoms with Gasteiger partial charge < -0.3 is 0 Å². The second-order valence-electron chi connectivity index (χ2n) is 4.22. The summed E-state index contributed by atoms with van der Waals surface area (Å²) in [4.78, 5) is 4.71. The van der Waals surface area contributed by atoms with E-state index in [2.05, 4.69) is 37.5 Å². The van der Waals surface area contributed by atoms with E-state index in [1.54, 1.807) is 0 Å². The second-order valence-corrected chi connectivity index (χ2v) is 5.20. The van der Waals surface area contributed by atoms with E-state index in [0.29, 0.717) is 5.92 Å². The van der Waals surface area contributed by atoms with E-state index < -0.39 is 0 Å². The van der Waals surface area contributed by atoms with E-state index in [0.717, 1.165) is 0 Å². The maximum Gasteiger partial charge on any atom is 0.0670 e. The van der Waals surface area contributed by atoms with Crippen LogP contribution in [0.15, 0.2) is 23.6 Å². The fraction of sp³-hybridized carbons (Fsp3) is 0.462. The summed E-state index contributed by atoms with van der Waals surface area (Å²) in [5.74, 6) is 1.77. The summed E-state index contributed by atoms with van der Waals surface area (Å²) in [6.45, 7) is 4.38. The van der Waals surface area contributed by atoms with Crippen LogP contribution in [0, 0.1) is 0 Å². The average Bonchev–Trinajstić information content (AvgIpc) is 2.30. The first kappa shape index (κ1) is 10.7. The molecule has 2 rings (SSSR count). The third kappa shape index (κ3) is 2.63. The molecule has 1 aromatic rings. The highest BCUT2D eigenvalue weighted by atomic mass is 32.2. The molecule has 15 heavy (non-hydrogen) atoms. The lowest BCUT2D eigenvalue weighted by atomic mass is 10.1. The van der Waals surface area contributed by atoms with Crippen LogP contribution in [-0.4, -0.2) is 10.7 Å². The van der Waals surface area contributed by atoms with Crippen LogP contribution in [0.25, 0.3) is 5.57 Å². The lowest BCUT2D eigenvalue weighted by molar-refractivity contribution is 0.817. The molecule has 0 radical (unpaired) electrons. The number of thioether (sulfide) groups is 1. The Morgan fingerprint density at radius 1 is 1.33 bits per heavy atom. The van der Waals surface area contributed by atoms with Crippen molar-refractivity contribution in [3.63, 3.8) is 0 Å². The maximum atomic E-state index is 4.71. The van der Waals surface area contributed by atoms with Gasteiger partial charge in [0.2, 0.25) is 0 Å². The molecule has 0 fully saturated rings. The maximum absolute atomic E-state index is 4.71. The Kier molecular flexibility index (Phi) is 3.47. The smallest absolute Gasteiger partial charge is 0.0670 e. The summed E-state index contributed by atoms with van der Waals surface area (Å²) in [6, 6.07) is 6.37. The van der Waals surface area contributed by atoms with Gasteiger partial charge in [-0.25, -0.2) is 0 Å². The summed E-state index contributed by atoms with van der Waals surface area (Å²) in [7, 11) is 0. The molecule has 0 aromatic carbocycles. The van der Waals surface area contributed by atoms with Crippen molar-refractivity contribution in [2.24, 2.45) is 0 Å². The molecule has 0 saturated carbocycles. The minimum Gasteiger partial charge on any atom is -0.253 e. The van der Waals surface area contributed by atoms with Gasteiger partial charge in [-0.2, -0.15) is 0 Å². The largest absolute Gasteiger partial charge is 0.253 e. The Morgan fingerprint density at radius 3 is 2.87 bits per heavy atom. The molecule has 1 aromatic heterocycles. The van der Waals surface area contributed by atoms with Crippen molar-refractivity contribution in [2.45, 2.75) is 32.6 Å². The minimum atomic E-state index is 0.516. The van der Waals surface area contributed by atoms with E-state index >= 15 is 0 Å². The quantitative estimate of drug-likeness (QED) is 0.743. The molecule has 2 heterocycles. The molecule has 1 aliphatic heterocycles. The van der Waals surface area contributed by atoms with Crippen molar-refractivity contribution in [1.29, 1.82) is 0 Å². The summed E-state index contributed by atoms with van der Waals surface area (Å²) >= 11 is 1.91. The fourth-order valence-corrected chi connectivity index (χ4v) is 2.57. The van der Waals surface area contributed by atoms with Crippen molar-refractivity contribution in [3.05, 3.63) is 35.0 Å². The van der Waals surface area contributed by atoms with Crippen LogP contribution in [0.2, 0.25) is 0 Å². The van der Waals surface area contributed by atoms with Gasteiger partial charge >= 0.3 is 0 Å². The number of allylic oxidation sites excluding steroid dienone is 1. The molecule has 0 amide bonds. The molecule has 0 unspecified atom stereocenters. The Morgan fingerprint density at radius 2 is 2.20 bits per heavy atom. The van der Waals surface area contributed by atoms with Gasteiger partial charge in [-0.05, 0) is 47.6 Å². The van der Waals surface area contributed by atoms with E-state index in [1.807, 2.05) is 11.8 Å². The molecular formula is C13H17NS. The summed E-state index contributed by atoms with van der Waals surface area (Å²) in [5, 5.41) is 2.27. The molecule has 0 bridgehead atoms. The van der Waals surface area contributed by atoms with E-state index in [9.17, 15) is 0 Å². The molecule has 0 spiro atoms. The van der Waals surface area contributed by atoms with E-state index in [-0.39, 0.29) is 0 Å². The van der Waals surface area contributed by atoms with Gasteiger partial charge in [0.25, 0.3) is 0 Å². The second kappa shape index (κ2) is 4.84. The standard InChI is InChI=1S/C13H17NS/c1-10(2)12-6-3-7-13(14-12)11-5-4-8-15-9-11/h3,6-7,9-10H,4-5,8H2,1-2H3. The monoisotopic (exact) mass is 219 g/mol. The molecule has 0 aliphatic carbocycles. The van der Waals surface area contributed by atoms with Crippen molar-refractivity contribution in [3.8, 4) is 0 Å². The van der Waals surface area contributed by atoms with E-state index in [1.165, 1.54) is 35.6 Å². The van der Waals surface area contributed by atoms with Gasteiger partial charge in [-0.3, -0.25) is 4.98 Å². The normalized spacial score (nSPS) is 16.6. The molecular weight excluding hydrogens is 202 g/mol. The molecule has 0 saturated heterocycles. The van der Waals surface area contributed by atoms with Crippen LogP contribution in [0.4, 0.5) is 0 Å². The first-order chi connectivity index (χ1) is 7.27. The molecule has 0 atom stereocenters. The fourth-order valence-electron chi connectivity index (χ4n) is 1.70. The Hall–Kier alpha value is -0.760. The highest BCUT2D eigenvalue weighted by Crippen LogP contribution is 2.28. The number of rotatable bonds is 2. The number of hydrogen-bond donors (Lipinski definition) is 0. The van der Waals surface area contributed by atoms with Crippen molar-refractivity contribution in [2.75, 3.05) is 5.75 Å². The molecule has 1 aliphatic rings. The Bertz CT molecular complexity index is 369. The SMILES string of the molecule is CC(C)c1cccc(C2=CSCCC2)n1. The molecule has 0 N–H and O–H groups in total. The average molecular weight is 219 g/mol. The lowest BCUT2D eigenvalue weighted by Crippen LogP contribution is -1.99. The lowest BCUT2D eigenvalue weighted by Gasteiger charge is -2.13. The number of aromatic nitrogens is 1. The zero-order valence-electron chi connectivity index (χ0n) is 9.36. The van der Waals surface area contributed by atoms with Crippen LogP contribution >= 0.6 is 11.8 Å². The first-order valence-corrected chi connectivity index (χ1v) is 6.60. The van der Waals surface area contributed by atoms with Crippen LogP contribution in [-0.2, 0) is 0 Å². The first-order valence-electron chi connectivity index (χ1n) is 5.55. The van der Waals surface area contributed by atoms with Crippen LogP contribution < -0.4 is 0 Å². The third-order valence-electron chi connectivity index (χ3n) is 2.63. The zero-order valence-corrected chi connectivity index (χ0v) is 10.2. The van der Waals surface area contributed by atoms with Crippen LogP contribution in [0.3, 0.4) is 0 Å². The van der Waals surface area contributed by atoms with Gasteiger partial charge in [-0.1, -0.05) is 19.9 Å². The van der Waals surface area contributed by atoms with Gasteiger partial charge in [-0.15, -0.1) is 11.8 Å². The number of nitrogens with zero attached hydrogens (tertiary/aromatic N) is 1. The number of pyridine rings is 1. The summed E-state index contributed by atoms with van der Waals surface area (Å²) < 4.78 is 0. The predicted octanol–water partition coefficient (Wildman–Crippen LogP) is 4.07. The summed E-state index contributed by atoms with van der Waals surface area (Å²) in [6.07, 6.45) is 2.46. The minimum absolute atomic E-state index is 0.516. The van der Waals surface area contributed by atoms with Crippen LogP contribution in [0.5, 0.6) is 0 Å². The van der Waals surface area contributed by atoms with Crippen molar-refractivity contribution < 1.29 is 0 Å². The molecule has 1 nitrogen and oxygen atoms in total. The van der Waals surface area contributed by atoms with Gasteiger partial charge in [0, 0.05) is 5.69 Å². The third-order valence-corrected chi connectivity index (χ3v) is 3.60. The number of hydrogen-bond acceptors (Lipinski definition) is 2. The molecule has 2 heteroatoms. The van der Waals surface area contributed by atoms with Crippen molar-refractivity contribution in [1.82, 2.24) is 4.98 Å². The predicted molar refractivity (Wildman–Crippen MR) is 68.0 cm³/mol. The summed E-state index contributed by atoms with van der Waals surface area (Å²) in [5.41, 5.74) is 3.78. The topological polar surface area (TPSA) is 12.9 Å². The molecule has 80 valence electrons. The van der Waals surface area contributed by atoms with Gasteiger partial charge in [0.05, 0.1) is 5.69 Å². The Labute approximate surface area is 96.0 Å². The van der Waals surface area contributed by atoms with Gasteiger partial charge in [0.15, 0.2) is 0 Å². The van der Waals surface area contributed by atoms with Crippen LogP contribution in [0.1, 0.15) is 44.0 Å².